The van der Waals surface area contributed by atoms with Gasteiger partial charge in [0.1, 0.15) is 11.3 Å². The summed E-state index contributed by atoms with van der Waals surface area (Å²) >= 11 is 0. The van der Waals surface area contributed by atoms with Crippen LogP contribution in [0.25, 0.3) is 28.2 Å². The molecule has 0 aliphatic carbocycles. The lowest BCUT2D eigenvalue weighted by Crippen LogP contribution is -2.05. The van der Waals surface area contributed by atoms with Crippen LogP contribution in [-0.2, 0) is 0 Å². The molecule has 0 spiro atoms. The Hall–Kier alpha value is -2.95. The van der Waals surface area contributed by atoms with Crippen molar-refractivity contribution in [1.82, 2.24) is 19.7 Å². The van der Waals surface area contributed by atoms with Gasteiger partial charge in [0, 0.05) is 12.5 Å². The highest BCUT2D eigenvalue weighted by Crippen LogP contribution is 2.31. The molecule has 5 heteroatoms. The van der Waals surface area contributed by atoms with Gasteiger partial charge in [0.15, 0.2) is 17.3 Å². The summed E-state index contributed by atoms with van der Waals surface area (Å²) in [5, 5.41) is 4.67. The molecule has 0 fully saturated rings. The Morgan fingerprint density at radius 1 is 0.920 bits per heavy atom. The van der Waals surface area contributed by atoms with E-state index in [1.807, 2.05) is 36.7 Å². The molecular formula is C20H20N4O. The average Bonchev–Trinajstić information content (AvgIpc) is 3.07. The van der Waals surface area contributed by atoms with Gasteiger partial charge in [-0.15, -0.1) is 0 Å². The van der Waals surface area contributed by atoms with Crippen LogP contribution in [-0.4, -0.2) is 19.7 Å². The molecule has 2 aromatic carbocycles. The second kappa shape index (κ2) is 5.55. The lowest BCUT2D eigenvalue weighted by Gasteiger charge is -2.13. The Morgan fingerprint density at radius 3 is 2.36 bits per heavy atom. The number of aryl methyl sites for hydroxylation is 5. The van der Waals surface area contributed by atoms with E-state index in [4.69, 9.17) is 9.40 Å². The van der Waals surface area contributed by atoms with Crippen molar-refractivity contribution in [3.05, 3.63) is 58.7 Å². The SMILES string of the molecule is Cc1cc(C)c(-n2nc(C)nc2-c2cccc3oc(C)nc23)c(C)c1. The summed E-state index contributed by atoms with van der Waals surface area (Å²) in [5.41, 5.74) is 7.16. The molecule has 5 nitrogen and oxygen atoms in total. The summed E-state index contributed by atoms with van der Waals surface area (Å²) in [6.07, 6.45) is 0. The van der Waals surface area contributed by atoms with E-state index in [-0.39, 0.29) is 0 Å². The van der Waals surface area contributed by atoms with Gasteiger partial charge in [0.05, 0.1) is 5.69 Å². The van der Waals surface area contributed by atoms with Crippen LogP contribution in [0.15, 0.2) is 34.7 Å². The first-order valence-corrected chi connectivity index (χ1v) is 8.32. The van der Waals surface area contributed by atoms with Gasteiger partial charge in [-0.25, -0.2) is 14.6 Å². The van der Waals surface area contributed by atoms with Crippen molar-refractivity contribution in [3.8, 4) is 17.1 Å². The van der Waals surface area contributed by atoms with Gasteiger partial charge >= 0.3 is 0 Å². The number of oxazole rings is 1. The van der Waals surface area contributed by atoms with Gasteiger partial charge in [0.2, 0.25) is 0 Å². The molecule has 25 heavy (non-hydrogen) atoms. The van der Waals surface area contributed by atoms with Crippen molar-refractivity contribution in [2.24, 2.45) is 0 Å². The number of rotatable bonds is 2. The fraction of sp³-hybridized carbons (Fsp3) is 0.250. The lowest BCUT2D eigenvalue weighted by molar-refractivity contribution is 0.561. The van der Waals surface area contributed by atoms with E-state index in [0.717, 1.165) is 34.0 Å². The Balaban J connectivity index is 2.03. The number of para-hydroxylation sites is 1. The normalized spacial score (nSPS) is 11.4. The van der Waals surface area contributed by atoms with Crippen LogP contribution in [0.4, 0.5) is 0 Å². The van der Waals surface area contributed by atoms with Crippen molar-refractivity contribution >= 4 is 11.1 Å². The minimum atomic E-state index is 0.646. The van der Waals surface area contributed by atoms with Crippen molar-refractivity contribution in [3.63, 3.8) is 0 Å². The average molecular weight is 332 g/mol. The quantitative estimate of drug-likeness (QED) is 0.537. The molecule has 0 aliphatic rings. The number of nitrogens with zero attached hydrogens (tertiary/aromatic N) is 4. The van der Waals surface area contributed by atoms with E-state index < -0.39 is 0 Å². The highest BCUT2D eigenvalue weighted by Gasteiger charge is 2.19. The first-order chi connectivity index (χ1) is 11.9. The maximum absolute atomic E-state index is 5.68. The summed E-state index contributed by atoms with van der Waals surface area (Å²) < 4.78 is 7.61. The molecular weight excluding hydrogens is 312 g/mol. The van der Waals surface area contributed by atoms with Crippen LogP contribution in [0.5, 0.6) is 0 Å². The molecule has 2 aromatic heterocycles. The summed E-state index contributed by atoms with van der Waals surface area (Å²) in [4.78, 5) is 9.24. The Kier molecular flexibility index (Phi) is 3.46. The van der Waals surface area contributed by atoms with Crippen molar-refractivity contribution in [2.45, 2.75) is 34.6 Å². The lowest BCUT2D eigenvalue weighted by atomic mass is 10.0. The molecule has 2 heterocycles. The summed E-state index contributed by atoms with van der Waals surface area (Å²) in [7, 11) is 0. The van der Waals surface area contributed by atoms with Gasteiger partial charge < -0.3 is 4.42 Å². The van der Waals surface area contributed by atoms with Gasteiger partial charge in [-0.1, -0.05) is 23.8 Å². The molecule has 0 saturated carbocycles. The van der Waals surface area contributed by atoms with E-state index in [2.05, 4.69) is 43.0 Å². The van der Waals surface area contributed by atoms with E-state index >= 15 is 0 Å². The highest BCUT2D eigenvalue weighted by atomic mass is 16.3. The number of aromatic nitrogens is 4. The molecule has 126 valence electrons. The third-order valence-electron chi connectivity index (χ3n) is 4.33. The second-order valence-electron chi connectivity index (χ2n) is 6.53. The minimum absolute atomic E-state index is 0.646. The van der Waals surface area contributed by atoms with Gasteiger partial charge in [-0.05, 0) is 51.0 Å². The zero-order valence-electron chi connectivity index (χ0n) is 15.1. The second-order valence-corrected chi connectivity index (χ2v) is 6.53. The van der Waals surface area contributed by atoms with Gasteiger partial charge in [0.25, 0.3) is 0 Å². The predicted octanol–water partition coefficient (Wildman–Crippen LogP) is 4.62. The van der Waals surface area contributed by atoms with Crippen LogP contribution in [0.1, 0.15) is 28.4 Å². The fourth-order valence-corrected chi connectivity index (χ4v) is 3.49. The minimum Gasteiger partial charge on any atom is -0.441 e. The monoisotopic (exact) mass is 332 g/mol. The van der Waals surface area contributed by atoms with Gasteiger partial charge in [-0.2, -0.15) is 5.10 Å². The van der Waals surface area contributed by atoms with Crippen molar-refractivity contribution < 1.29 is 4.42 Å². The molecule has 0 atom stereocenters. The zero-order chi connectivity index (χ0) is 17.7. The molecule has 0 radical (unpaired) electrons. The zero-order valence-corrected chi connectivity index (χ0v) is 15.1. The summed E-state index contributed by atoms with van der Waals surface area (Å²) in [6, 6.07) is 10.2. The largest absolute Gasteiger partial charge is 0.441 e. The predicted molar refractivity (Wildman–Crippen MR) is 98.0 cm³/mol. The number of benzene rings is 2. The van der Waals surface area contributed by atoms with Crippen LogP contribution in [0, 0.1) is 34.6 Å². The third-order valence-corrected chi connectivity index (χ3v) is 4.33. The first-order valence-electron chi connectivity index (χ1n) is 8.32. The topological polar surface area (TPSA) is 56.7 Å². The molecule has 0 aliphatic heterocycles. The number of hydrogen-bond acceptors (Lipinski definition) is 4. The highest BCUT2D eigenvalue weighted by molar-refractivity contribution is 5.89. The first kappa shape index (κ1) is 15.6. The summed E-state index contributed by atoms with van der Waals surface area (Å²) in [5.74, 6) is 2.16. The Bertz CT molecular complexity index is 1080. The fourth-order valence-electron chi connectivity index (χ4n) is 3.49. The van der Waals surface area contributed by atoms with E-state index in [1.54, 1.807) is 0 Å². The number of hydrogen-bond donors (Lipinski definition) is 0. The summed E-state index contributed by atoms with van der Waals surface area (Å²) in [6.45, 7) is 10.1. The molecule has 0 saturated heterocycles. The molecule has 4 rings (SSSR count). The van der Waals surface area contributed by atoms with Crippen molar-refractivity contribution in [2.75, 3.05) is 0 Å². The molecule has 0 N–H and O–H groups in total. The Morgan fingerprint density at radius 2 is 1.64 bits per heavy atom. The van der Waals surface area contributed by atoms with E-state index in [1.165, 1.54) is 16.7 Å². The standard InChI is InChI=1S/C20H20N4O/c1-11-9-12(2)19(13(3)10-11)24-20(21-14(4)23-24)16-7-6-8-17-18(16)22-15(5)25-17/h6-10H,1-5H3. The van der Waals surface area contributed by atoms with Crippen LogP contribution in [0.3, 0.4) is 0 Å². The third kappa shape index (κ3) is 2.52. The van der Waals surface area contributed by atoms with E-state index in [9.17, 15) is 0 Å². The van der Waals surface area contributed by atoms with E-state index in [0.29, 0.717) is 5.89 Å². The van der Waals surface area contributed by atoms with Crippen LogP contribution in [0.2, 0.25) is 0 Å². The molecule has 0 unspecified atom stereocenters. The molecule has 0 bridgehead atoms. The van der Waals surface area contributed by atoms with Crippen molar-refractivity contribution in [1.29, 1.82) is 0 Å². The van der Waals surface area contributed by atoms with Crippen LogP contribution >= 0.6 is 0 Å². The van der Waals surface area contributed by atoms with Gasteiger partial charge in [-0.3, -0.25) is 0 Å². The molecule has 4 aromatic rings. The number of fused-ring (bicyclic) bond motifs is 1. The smallest absolute Gasteiger partial charge is 0.192 e. The molecule has 0 amide bonds. The maximum Gasteiger partial charge on any atom is 0.192 e. The maximum atomic E-state index is 5.68. The van der Waals surface area contributed by atoms with Crippen LogP contribution < -0.4 is 0 Å². The Labute approximate surface area is 146 Å².